The molecule has 0 fully saturated rings. The molecule has 2 heterocycles. The van der Waals surface area contributed by atoms with Crippen LogP contribution in [0.4, 0.5) is 18.9 Å². The van der Waals surface area contributed by atoms with Crippen molar-refractivity contribution >= 4 is 44.9 Å². The first-order valence-corrected chi connectivity index (χ1v) is 10.6. The van der Waals surface area contributed by atoms with E-state index in [-0.39, 0.29) is 18.0 Å². The maximum absolute atomic E-state index is 12.8. The average molecular weight is 423 g/mol. The second-order valence-electron chi connectivity index (χ2n) is 6.44. The number of alkyl halides is 3. The van der Waals surface area contributed by atoms with Gasteiger partial charge >= 0.3 is 6.18 Å². The summed E-state index contributed by atoms with van der Waals surface area (Å²) in [6, 6.07) is 4.64. The van der Waals surface area contributed by atoms with Gasteiger partial charge in [0.15, 0.2) is 0 Å². The van der Waals surface area contributed by atoms with Gasteiger partial charge in [-0.1, -0.05) is 6.07 Å². The predicted octanol–water partition coefficient (Wildman–Crippen LogP) is 5.32. The molecule has 0 spiro atoms. The van der Waals surface area contributed by atoms with Gasteiger partial charge in [0, 0.05) is 28.1 Å². The largest absolute Gasteiger partial charge is 0.416 e. The summed E-state index contributed by atoms with van der Waals surface area (Å²) < 4.78 is 38.3. The summed E-state index contributed by atoms with van der Waals surface area (Å²) in [5.74, 6) is 0.161. The molecule has 0 saturated heterocycles. The third-order valence-electron chi connectivity index (χ3n) is 4.51. The number of rotatable bonds is 5. The van der Waals surface area contributed by atoms with Crippen LogP contribution in [0.2, 0.25) is 0 Å². The highest BCUT2D eigenvalue weighted by Crippen LogP contribution is 2.40. The van der Waals surface area contributed by atoms with Crippen LogP contribution in [0, 0.1) is 0 Å². The normalized spacial score (nSPS) is 13.7. The van der Waals surface area contributed by atoms with Gasteiger partial charge in [0.2, 0.25) is 5.91 Å². The number of hydrogen-bond acceptors (Lipinski definition) is 5. The number of carbonyl (C=O) groups is 1. The number of halogens is 3. The molecule has 0 atom stereocenters. The lowest BCUT2D eigenvalue weighted by Crippen LogP contribution is -2.13. The molecule has 146 valence electrons. The molecule has 4 nitrogen and oxygen atoms in total. The van der Waals surface area contributed by atoms with Gasteiger partial charge in [-0.05, 0) is 43.0 Å². The predicted molar refractivity (Wildman–Crippen MR) is 105 cm³/mol. The van der Waals surface area contributed by atoms with Crippen molar-refractivity contribution in [3.63, 3.8) is 0 Å². The summed E-state index contributed by atoms with van der Waals surface area (Å²) in [4.78, 5) is 23.2. The van der Waals surface area contributed by atoms with Gasteiger partial charge in [-0.3, -0.25) is 4.79 Å². The van der Waals surface area contributed by atoms with Crippen LogP contribution in [0.15, 0.2) is 35.6 Å². The molecular weight excluding hydrogens is 407 g/mol. The SMILES string of the molecule is O=C(CCSc1ncnc2sc3c(c12)CCC3)Nc1cccc(C(F)(F)F)c1. The van der Waals surface area contributed by atoms with Crippen LogP contribution in [0.1, 0.15) is 28.8 Å². The molecule has 0 aliphatic heterocycles. The quantitative estimate of drug-likeness (QED) is 0.446. The Labute approximate surface area is 167 Å². The van der Waals surface area contributed by atoms with Crippen molar-refractivity contribution in [1.82, 2.24) is 9.97 Å². The summed E-state index contributed by atoms with van der Waals surface area (Å²) >= 11 is 3.19. The van der Waals surface area contributed by atoms with Crippen molar-refractivity contribution < 1.29 is 18.0 Å². The molecule has 0 unspecified atom stereocenters. The average Bonchev–Trinajstić information content (AvgIpc) is 3.22. The number of nitrogens with one attached hydrogen (secondary N) is 1. The molecule has 2 aromatic heterocycles. The van der Waals surface area contributed by atoms with Crippen LogP contribution in [0.3, 0.4) is 0 Å². The van der Waals surface area contributed by atoms with E-state index >= 15 is 0 Å². The Balaban J connectivity index is 1.38. The van der Waals surface area contributed by atoms with Crippen molar-refractivity contribution in [2.24, 2.45) is 0 Å². The molecule has 28 heavy (non-hydrogen) atoms. The van der Waals surface area contributed by atoms with Crippen LogP contribution < -0.4 is 5.32 Å². The maximum atomic E-state index is 12.8. The van der Waals surface area contributed by atoms with Gasteiger partial charge < -0.3 is 5.32 Å². The molecule has 1 aromatic carbocycles. The topological polar surface area (TPSA) is 54.9 Å². The molecule has 1 amide bonds. The minimum absolute atomic E-state index is 0.143. The summed E-state index contributed by atoms with van der Waals surface area (Å²) in [5.41, 5.74) is 0.691. The van der Waals surface area contributed by atoms with Gasteiger partial charge in [0.1, 0.15) is 16.2 Å². The number of thiophene rings is 1. The molecule has 0 bridgehead atoms. The second kappa shape index (κ2) is 7.71. The minimum Gasteiger partial charge on any atom is -0.326 e. The molecule has 3 aromatic rings. The third-order valence-corrected chi connectivity index (χ3v) is 6.70. The molecule has 0 radical (unpaired) electrons. The first-order valence-electron chi connectivity index (χ1n) is 8.77. The van der Waals surface area contributed by atoms with Gasteiger partial charge in [0.05, 0.1) is 5.56 Å². The Morgan fingerprint density at radius 1 is 1.25 bits per heavy atom. The molecule has 0 saturated carbocycles. The Kier molecular flexibility index (Phi) is 5.29. The van der Waals surface area contributed by atoms with E-state index in [0.29, 0.717) is 5.75 Å². The fourth-order valence-corrected chi connectivity index (χ4v) is 5.51. The molecular formula is C19H16F3N3OS2. The van der Waals surface area contributed by atoms with E-state index in [1.807, 2.05) is 0 Å². The van der Waals surface area contributed by atoms with Gasteiger partial charge in [-0.25, -0.2) is 9.97 Å². The first kappa shape index (κ1) is 19.2. The summed E-state index contributed by atoms with van der Waals surface area (Å²) in [6.45, 7) is 0. The molecule has 1 aliphatic rings. The van der Waals surface area contributed by atoms with Crippen molar-refractivity contribution in [3.8, 4) is 0 Å². The van der Waals surface area contributed by atoms with Crippen LogP contribution in [0.5, 0.6) is 0 Å². The monoisotopic (exact) mass is 423 g/mol. The van der Waals surface area contributed by atoms with Gasteiger partial charge in [0.25, 0.3) is 0 Å². The summed E-state index contributed by atoms with van der Waals surface area (Å²) in [6.07, 6.45) is 0.551. The number of amides is 1. The summed E-state index contributed by atoms with van der Waals surface area (Å²) in [5, 5.41) is 4.50. The fraction of sp³-hybridized carbons (Fsp3) is 0.316. The number of nitrogens with zero attached hydrogens (tertiary/aromatic N) is 2. The van der Waals surface area contributed by atoms with Crippen molar-refractivity contribution in [1.29, 1.82) is 0 Å². The smallest absolute Gasteiger partial charge is 0.326 e. The fourth-order valence-electron chi connectivity index (χ4n) is 3.25. The number of carbonyl (C=O) groups excluding carboxylic acids is 1. The third kappa shape index (κ3) is 4.00. The number of benzene rings is 1. The Morgan fingerprint density at radius 3 is 2.93 bits per heavy atom. The minimum atomic E-state index is -4.43. The van der Waals surface area contributed by atoms with E-state index in [9.17, 15) is 18.0 Å². The van der Waals surface area contributed by atoms with E-state index in [2.05, 4.69) is 15.3 Å². The van der Waals surface area contributed by atoms with Crippen LogP contribution in [-0.4, -0.2) is 21.6 Å². The highest BCUT2D eigenvalue weighted by molar-refractivity contribution is 7.99. The van der Waals surface area contributed by atoms with Crippen LogP contribution in [0.25, 0.3) is 10.2 Å². The number of anilines is 1. The molecule has 1 aliphatic carbocycles. The standard InChI is InChI=1S/C19H16F3N3OS2/c20-19(21,22)11-3-1-4-12(9-11)25-15(26)7-8-27-17-16-13-5-2-6-14(13)28-18(16)24-10-23-17/h1,3-4,9-10H,2,5-8H2,(H,25,26). The highest BCUT2D eigenvalue weighted by atomic mass is 32.2. The van der Waals surface area contributed by atoms with Crippen molar-refractivity contribution in [2.75, 3.05) is 11.1 Å². The summed E-state index contributed by atoms with van der Waals surface area (Å²) in [7, 11) is 0. The second-order valence-corrected chi connectivity index (χ2v) is 8.61. The first-order chi connectivity index (χ1) is 13.4. The highest BCUT2D eigenvalue weighted by Gasteiger charge is 2.30. The zero-order valence-corrected chi connectivity index (χ0v) is 16.3. The maximum Gasteiger partial charge on any atom is 0.416 e. The number of hydrogen-bond donors (Lipinski definition) is 1. The molecule has 1 N–H and O–H groups in total. The van der Waals surface area contributed by atoms with E-state index in [1.165, 1.54) is 34.3 Å². The van der Waals surface area contributed by atoms with Crippen molar-refractivity contribution in [3.05, 3.63) is 46.6 Å². The van der Waals surface area contributed by atoms with Gasteiger partial charge in [-0.2, -0.15) is 13.2 Å². The Hall–Kier alpha value is -2.13. The Morgan fingerprint density at radius 2 is 2.11 bits per heavy atom. The number of fused-ring (bicyclic) bond motifs is 3. The van der Waals surface area contributed by atoms with E-state index < -0.39 is 11.7 Å². The number of aryl methyl sites for hydroxylation is 2. The van der Waals surface area contributed by atoms with Crippen LogP contribution in [-0.2, 0) is 23.8 Å². The van der Waals surface area contributed by atoms with E-state index in [1.54, 1.807) is 17.7 Å². The number of thioether (sulfide) groups is 1. The van der Waals surface area contributed by atoms with Crippen LogP contribution >= 0.6 is 23.1 Å². The van der Waals surface area contributed by atoms with Gasteiger partial charge in [-0.15, -0.1) is 23.1 Å². The Bertz CT molecular complexity index is 1030. The zero-order chi connectivity index (χ0) is 19.7. The lowest BCUT2D eigenvalue weighted by Gasteiger charge is -2.10. The lowest BCUT2D eigenvalue weighted by molar-refractivity contribution is -0.137. The molecule has 9 heteroatoms. The van der Waals surface area contributed by atoms with E-state index in [0.717, 1.165) is 46.6 Å². The number of aromatic nitrogens is 2. The lowest BCUT2D eigenvalue weighted by atomic mass is 10.2. The molecule has 4 rings (SSSR count). The van der Waals surface area contributed by atoms with E-state index in [4.69, 9.17) is 0 Å². The zero-order valence-electron chi connectivity index (χ0n) is 14.7. The van der Waals surface area contributed by atoms with Crippen molar-refractivity contribution in [2.45, 2.75) is 36.9 Å².